The quantitative estimate of drug-likeness (QED) is 0.304. The van der Waals surface area contributed by atoms with Crippen LogP contribution in [0.15, 0.2) is 12.2 Å². The lowest BCUT2D eigenvalue weighted by atomic mass is 10.1. The molecule has 1 aliphatic heterocycles. The first-order valence-electron chi connectivity index (χ1n) is 8.85. The van der Waals surface area contributed by atoms with Crippen LogP contribution < -0.4 is 5.11 Å². The second kappa shape index (κ2) is 11.7. The minimum Gasteiger partial charge on any atom is -0.550 e. The summed E-state index contributed by atoms with van der Waals surface area (Å²) in [5, 5.41) is 20.2. The number of hydrogen-bond donors (Lipinski definition) is 1. The van der Waals surface area contributed by atoms with Crippen LogP contribution in [0.25, 0.3) is 0 Å². The molecule has 0 aliphatic carbocycles. The zero-order chi connectivity index (χ0) is 16.2. The Hall–Kier alpha value is -0.870. The van der Waals surface area contributed by atoms with E-state index < -0.39 is 12.1 Å². The fourth-order valence-electron chi connectivity index (χ4n) is 2.69. The molecule has 3 atom stereocenters. The minimum atomic E-state index is -0.952. The smallest absolute Gasteiger partial charge is 0.114 e. The standard InChI is InChI=1S/C18H32O4/c1-2-3-9-13-16-18(22-16)15(19)12-10-7-5-4-6-8-11-14-17(20)21/h10,12,15-16,18-19H,2-9,11,13-14H2,1H3,(H,20,21)/p-1/b12-10-. The lowest BCUT2D eigenvalue weighted by molar-refractivity contribution is -0.305. The number of carbonyl (C=O) groups is 1. The normalized spacial score (nSPS) is 22.1. The van der Waals surface area contributed by atoms with Crippen LogP contribution in [-0.2, 0) is 9.53 Å². The topological polar surface area (TPSA) is 72.9 Å². The molecule has 1 fully saturated rings. The van der Waals surface area contributed by atoms with E-state index in [-0.39, 0.29) is 18.6 Å². The van der Waals surface area contributed by atoms with Gasteiger partial charge in [0.15, 0.2) is 0 Å². The number of aliphatic carboxylic acids is 1. The van der Waals surface area contributed by atoms with Crippen molar-refractivity contribution in [3.8, 4) is 0 Å². The lowest BCUT2D eigenvalue weighted by Crippen LogP contribution is -2.21. The van der Waals surface area contributed by atoms with Gasteiger partial charge >= 0.3 is 0 Å². The second-order valence-electron chi connectivity index (χ2n) is 6.23. The lowest BCUT2D eigenvalue weighted by Gasteiger charge is -2.02. The van der Waals surface area contributed by atoms with Gasteiger partial charge < -0.3 is 19.7 Å². The van der Waals surface area contributed by atoms with E-state index in [1.54, 1.807) is 0 Å². The van der Waals surface area contributed by atoms with Gasteiger partial charge in [-0.15, -0.1) is 0 Å². The summed E-state index contributed by atoms with van der Waals surface area (Å²) in [5.41, 5.74) is 0. The summed E-state index contributed by atoms with van der Waals surface area (Å²) in [5.74, 6) is -0.952. The van der Waals surface area contributed by atoms with Crippen LogP contribution in [0.2, 0.25) is 0 Å². The van der Waals surface area contributed by atoms with Gasteiger partial charge in [-0.25, -0.2) is 0 Å². The number of carboxylic acids is 1. The van der Waals surface area contributed by atoms with Crippen molar-refractivity contribution >= 4 is 5.97 Å². The van der Waals surface area contributed by atoms with Gasteiger partial charge in [-0.05, 0) is 32.1 Å². The summed E-state index contributed by atoms with van der Waals surface area (Å²) in [6, 6.07) is 0. The Bertz CT molecular complexity index is 327. The summed E-state index contributed by atoms with van der Waals surface area (Å²) >= 11 is 0. The Kier molecular flexibility index (Phi) is 10.2. The molecule has 0 radical (unpaired) electrons. The highest BCUT2D eigenvalue weighted by Crippen LogP contribution is 2.30. The molecule has 1 rings (SSSR count). The average Bonchev–Trinajstić information content (AvgIpc) is 3.25. The Balaban J connectivity index is 1.92. The Morgan fingerprint density at radius 3 is 2.64 bits per heavy atom. The van der Waals surface area contributed by atoms with Crippen LogP contribution in [-0.4, -0.2) is 29.4 Å². The maximum Gasteiger partial charge on any atom is 0.114 e. The highest BCUT2D eigenvalue weighted by Gasteiger charge is 2.42. The molecule has 4 nitrogen and oxygen atoms in total. The van der Waals surface area contributed by atoms with Crippen molar-refractivity contribution in [1.29, 1.82) is 0 Å². The molecule has 1 saturated heterocycles. The van der Waals surface area contributed by atoms with Crippen LogP contribution >= 0.6 is 0 Å². The molecular weight excluding hydrogens is 280 g/mol. The monoisotopic (exact) mass is 311 g/mol. The number of unbranched alkanes of at least 4 members (excludes halogenated alkanes) is 7. The van der Waals surface area contributed by atoms with Gasteiger partial charge in [0.2, 0.25) is 0 Å². The largest absolute Gasteiger partial charge is 0.550 e. The van der Waals surface area contributed by atoms with Gasteiger partial charge in [0.25, 0.3) is 0 Å². The van der Waals surface area contributed by atoms with Gasteiger partial charge in [0, 0.05) is 5.97 Å². The van der Waals surface area contributed by atoms with Gasteiger partial charge in [0.05, 0.1) is 6.10 Å². The van der Waals surface area contributed by atoms with Crippen molar-refractivity contribution in [2.45, 2.75) is 95.9 Å². The van der Waals surface area contributed by atoms with Crippen LogP contribution in [0, 0.1) is 0 Å². The zero-order valence-corrected chi connectivity index (χ0v) is 13.8. The number of allylic oxidation sites excluding steroid dienone is 1. The zero-order valence-electron chi connectivity index (χ0n) is 13.8. The third-order valence-electron chi connectivity index (χ3n) is 4.14. The number of carbonyl (C=O) groups excluding carboxylic acids is 1. The van der Waals surface area contributed by atoms with Crippen molar-refractivity contribution in [3.63, 3.8) is 0 Å². The third kappa shape index (κ3) is 9.21. The summed E-state index contributed by atoms with van der Waals surface area (Å²) in [6.45, 7) is 2.19. The van der Waals surface area contributed by atoms with E-state index in [0.717, 1.165) is 44.9 Å². The second-order valence-corrected chi connectivity index (χ2v) is 6.23. The summed E-state index contributed by atoms with van der Waals surface area (Å²) < 4.78 is 5.51. The van der Waals surface area contributed by atoms with E-state index in [1.165, 1.54) is 19.3 Å². The van der Waals surface area contributed by atoms with Gasteiger partial charge in [0.1, 0.15) is 12.2 Å². The highest BCUT2D eigenvalue weighted by atomic mass is 16.6. The highest BCUT2D eigenvalue weighted by molar-refractivity contribution is 5.63. The molecule has 1 aliphatic rings. The fraction of sp³-hybridized carbons (Fsp3) is 0.833. The Morgan fingerprint density at radius 1 is 1.18 bits per heavy atom. The first kappa shape index (κ1) is 19.2. The Morgan fingerprint density at radius 2 is 1.91 bits per heavy atom. The molecule has 0 bridgehead atoms. The van der Waals surface area contributed by atoms with Crippen LogP contribution in [0.5, 0.6) is 0 Å². The van der Waals surface area contributed by atoms with E-state index in [4.69, 9.17) is 4.74 Å². The maximum absolute atomic E-state index is 10.2. The molecule has 4 heteroatoms. The van der Waals surface area contributed by atoms with Crippen molar-refractivity contribution in [2.75, 3.05) is 0 Å². The van der Waals surface area contributed by atoms with Gasteiger partial charge in [-0.3, -0.25) is 0 Å². The van der Waals surface area contributed by atoms with E-state index >= 15 is 0 Å². The number of carboxylic acid groups (broad SMARTS) is 1. The van der Waals surface area contributed by atoms with Crippen molar-refractivity contribution in [1.82, 2.24) is 0 Å². The van der Waals surface area contributed by atoms with E-state index in [9.17, 15) is 15.0 Å². The van der Waals surface area contributed by atoms with Crippen molar-refractivity contribution < 1.29 is 19.7 Å². The predicted octanol–water partition coefficient (Wildman–Crippen LogP) is 2.73. The molecule has 0 saturated carbocycles. The minimum absolute atomic E-state index is 0.0118. The maximum atomic E-state index is 10.2. The van der Waals surface area contributed by atoms with E-state index in [0.29, 0.717) is 0 Å². The molecule has 1 N–H and O–H groups in total. The van der Waals surface area contributed by atoms with Crippen LogP contribution in [0.3, 0.4) is 0 Å². The summed E-state index contributed by atoms with van der Waals surface area (Å²) in [7, 11) is 0. The number of hydrogen-bond acceptors (Lipinski definition) is 4. The van der Waals surface area contributed by atoms with Crippen LogP contribution in [0.1, 0.15) is 77.6 Å². The van der Waals surface area contributed by atoms with E-state index in [2.05, 4.69) is 6.92 Å². The molecule has 3 unspecified atom stereocenters. The number of aliphatic hydroxyl groups excluding tert-OH is 1. The predicted molar refractivity (Wildman–Crippen MR) is 85.3 cm³/mol. The molecule has 0 aromatic rings. The molecule has 0 aromatic heterocycles. The number of aliphatic hydroxyl groups is 1. The number of epoxide rings is 1. The molecule has 22 heavy (non-hydrogen) atoms. The number of ether oxygens (including phenoxy) is 1. The van der Waals surface area contributed by atoms with Gasteiger partial charge in [-0.2, -0.15) is 0 Å². The van der Waals surface area contributed by atoms with E-state index in [1.807, 2.05) is 12.2 Å². The molecule has 128 valence electrons. The Labute approximate surface area is 134 Å². The van der Waals surface area contributed by atoms with Crippen LogP contribution in [0.4, 0.5) is 0 Å². The first-order chi connectivity index (χ1) is 10.6. The molecule has 1 heterocycles. The molecule has 0 aromatic carbocycles. The van der Waals surface area contributed by atoms with Gasteiger partial charge in [-0.1, -0.05) is 57.6 Å². The SMILES string of the molecule is CCCCCC1OC1C(O)/C=C\CCCCCCCC(=O)[O-]. The molecule has 0 spiro atoms. The fourth-order valence-corrected chi connectivity index (χ4v) is 2.69. The molecule has 0 amide bonds. The summed E-state index contributed by atoms with van der Waals surface area (Å²) in [6.07, 6.45) is 14.5. The van der Waals surface area contributed by atoms with Crippen molar-refractivity contribution in [3.05, 3.63) is 12.2 Å². The summed E-state index contributed by atoms with van der Waals surface area (Å²) in [4.78, 5) is 10.2. The third-order valence-corrected chi connectivity index (χ3v) is 4.14. The number of rotatable bonds is 14. The first-order valence-corrected chi connectivity index (χ1v) is 8.85. The average molecular weight is 311 g/mol. The molecular formula is C18H31O4-. The van der Waals surface area contributed by atoms with Crippen molar-refractivity contribution in [2.24, 2.45) is 0 Å².